The highest BCUT2D eigenvalue weighted by Gasteiger charge is 2.16. The van der Waals surface area contributed by atoms with Crippen molar-refractivity contribution in [1.82, 2.24) is 9.97 Å². The third kappa shape index (κ3) is 3.11. The number of rotatable bonds is 4. The van der Waals surface area contributed by atoms with E-state index in [1.165, 1.54) is 12.3 Å². The van der Waals surface area contributed by atoms with Crippen LogP contribution in [0.15, 0.2) is 36.8 Å². The number of nitrogens with one attached hydrogen (secondary N) is 2. The van der Waals surface area contributed by atoms with Crippen molar-refractivity contribution in [3.63, 3.8) is 0 Å². The molecule has 0 aromatic carbocycles. The van der Waals surface area contributed by atoms with Crippen molar-refractivity contribution in [2.75, 3.05) is 5.32 Å². The molecule has 2 aromatic rings. The maximum absolute atomic E-state index is 11.7. The molecule has 0 aliphatic heterocycles. The number of hydrogen-bond donors (Lipinski definition) is 3. The molecule has 0 aliphatic rings. The molecule has 2 aromatic heterocycles. The summed E-state index contributed by atoms with van der Waals surface area (Å²) in [7, 11) is 0. The molecule has 1 amide bonds. The van der Waals surface area contributed by atoms with Crippen LogP contribution >= 0.6 is 0 Å². The number of aromatic carboxylic acids is 1. The molecule has 2 rings (SSSR count). The fraction of sp³-hybridized carbons (Fsp3) is 0.0714. The van der Waals surface area contributed by atoms with Gasteiger partial charge < -0.3 is 15.4 Å². The fourth-order valence-electron chi connectivity index (χ4n) is 1.72. The van der Waals surface area contributed by atoms with Gasteiger partial charge in [-0.2, -0.15) is 0 Å². The summed E-state index contributed by atoms with van der Waals surface area (Å²) >= 11 is 0. The molecule has 0 spiro atoms. The predicted molar refractivity (Wildman–Crippen MR) is 74.4 cm³/mol. The molecule has 3 N–H and O–H groups in total. The summed E-state index contributed by atoms with van der Waals surface area (Å²) in [5.41, 5.74) is 1.58. The van der Waals surface area contributed by atoms with Gasteiger partial charge >= 0.3 is 5.97 Å². The van der Waals surface area contributed by atoms with Crippen molar-refractivity contribution in [3.05, 3.63) is 53.6 Å². The molecule has 0 saturated heterocycles. The summed E-state index contributed by atoms with van der Waals surface area (Å²) < 4.78 is 0. The van der Waals surface area contributed by atoms with Gasteiger partial charge in [0, 0.05) is 30.4 Å². The molecule has 0 bridgehead atoms. The molecule has 0 fully saturated rings. The number of pyridine rings is 1. The Labute approximate surface area is 115 Å². The molecule has 20 heavy (non-hydrogen) atoms. The van der Waals surface area contributed by atoms with Gasteiger partial charge in [-0.3, -0.25) is 9.78 Å². The van der Waals surface area contributed by atoms with Crippen LogP contribution in [0.25, 0.3) is 6.08 Å². The number of carbonyl (C=O) groups excluding carboxylic acids is 1. The molecule has 0 unspecified atom stereocenters. The first-order chi connectivity index (χ1) is 9.58. The minimum absolute atomic E-state index is 0.0631. The van der Waals surface area contributed by atoms with Crippen molar-refractivity contribution in [3.8, 4) is 0 Å². The van der Waals surface area contributed by atoms with E-state index in [0.717, 1.165) is 5.56 Å². The summed E-state index contributed by atoms with van der Waals surface area (Å²) in [5.74, 6) is -1.49. The summed E-state index contributed by atoms with van der Waals surface area (Å²) in [6.45, 7) is 1.63. The average Bonchev–Trinajstić information content (AvgIpc) is 2.78. The van der Waals surface area contributed by atoms with Gasteiger partial charge in [-0.05, 0) is 24.6 Å². The van der Waals surface area contributed by atoms with E-state index in [1.54, 1.807) is 37.5 Å². The number of nitrogens with zero attached hydrogens (tertiary/aromatic N) is 1. The Morgan fingerprint density at radius 1 is 1.45 bits per heavy atom. The third-order valence-electron chi connectivity index (χ3n) is 2.66. The van der Waals surface area contributed by atoms with E-state index in [9.17, 15) is 9.59 Å². The molecule has 0 aliphatic carbocycles. The van der Waals surface area contributed by atoms with Gasteiger partial charge in [0.2, 0.25) is 5.91 Å². The zero-order valence-electron chi connectivity index (χ0n) is 10.8. The van der Waals surface area contributed by atoms with Crippen LogP contribution in [0.2, 0.25) is 0 Å². The Bertz CT molecular complexity index is 660. The van der Waals surface area contributed by atoms with E-state index in [0.29, 0.717) is 5.69 Å². The third-order valence-corrected chi connectivity index (χ3v) is 2.66. The Kier molecular flexibility index (Phi) is 3.95. The van der Waals surface area contributed by atoms with Gasteiger partial charge in [0.1, 0.15) is 5.56 Å². The van der Waals surface area contributed by atoms with Crippen LogP contribution in [0, 0.1) is 6.92 Å². The monoisotopic (exact) mass is 271 g/mol. The second kappa shape index (κ2) is 5.83. The molecule has 2 heterocycles. The molecule has 0 saturated carbocycles. The highest BCUT2D eigenvalue weighted by atomic mass is 16.4. The van der Waals surface area contributed by atoms with Gasteiger partial charge in [0.15, 0.2) is 0 Å². The van der Waals surface area contributed by atoms with Crippen molar-refractivity contribution in [2.24, 2.45) is 0 Å². The Balaban J connectivity index is 2.09. The Hall–Kier alpha value is -2.89. The smallest absolute Gasteiger partial charge is 0.339 e. The number of aryl methyl sites for hydroxylation is 1. The number of carboxylic acid groups (broad SMARTS) is 1. The number of anilines is 1. The lowest BCUT2D eigenvalue weighted by Crippen LogP contribution is -2.10. The SMILES string of the molecule is Cc1[nH]cc(NC(=O)/C=C/c2cccnc2)c1C(=O)O. The maximum atomic E-state index is 11.7. The van der Waals surface area contributed by atoms with Gasteiger partial charge in [0.25, 0.3) is 0 Å². The summed E-state index contributed by atoms with van der Waals surface area (Å²) in [5, 5.41) is 11.6. The second-order valence-electron chi connectivity index (χ2n) is 4.12. The van der Waals surface area contributed by atoms with Gasteiger partial charge in [0.05, 0.1) is 5.69 Å². The minimum Gasteiger partial charge on any atom is -0.478 e. The molecule has 6 heteroatoms. The van der Waals surface area contributed by atoms with Crippen LogP contribution in [-0.4, -0.2) is 27.0 Å². The molecule has 6 nitrogen and oxygen atoms in total. The molecule has 0 atom stereocenters. The van der Waals surface area contributed by atoms with Gasteiger partial charge in [-0.15, -0.1) is 0 Å². The zero-order chi connectivity index (χ0) is 14.5. The maximum Gasteiger partial charge on any atom is 0.339 e. The van der Waals surface area contributed by atoms with Crippen molar-refractivity contribution < 1.29 is 14.7 Å². The highest BCUT2D eigenvalue weighted by Crippen LogP contribution is 2.19. The van der Waals surface area contributed by atoms with Crippen molar-refractivity contribution in [1.29, 1.82) is 0 Å². The standard InChI is InChI=1S/C14H13N3O3/c1-9-13(14(19)20)11(8-16-9)17-12(18)5-4-10-3-2-6-15-7-10/h2-8,16H,1H3,(H,17,18)(H,19,20)/b5-4+. The lowest BCUT2D eigenvalue weighted by molar-refractivity contribution is -0.111. The quantitative estimate of drug-likeness (QED) is 0.742. The van der Waals surface area contributed by atoms with Crippen LogP contribution in [0.1, 0.15) is 21.6 Å². The topological polar surface area (TPSA) is 95.1 Å². The van der Waals surface area contributed by atoms with Crippen molar-refractivity contribution in [2.45, 2.75) is 6.92 Å². The van der Waals surface area contributed by atoms with E-state index in [4.69, 9.17) is 5.11 Å². The number of carboxylic acids is 1. The lowest BCUT2D eigenvalue weighted by atomic mass is 10.2. The highest BCUT2D eigenvalue weighted by molar-refractivity contribution is 6.06. The van der Waals surface area contributed by atoms with Crippen LogP contribution in [0.3, 0.4) is 0 Å². The zero-order valence-corrected chi connectivity index (χ0v) is 10.8. The molecule has 102 valence electrons. The second-order valence-corrected chi connectivity index (χ2v) is 4.12. The normalized spacial score (nSPS) is 10.7. The molecule has 0 radical (unpaired) electrons. The number of aromatic nitrogens is 2. The van der Waals surface area contributed by atoms with E-state index >= 15 is 0 Å². The van der Waals surface area contributed by atoms with Crippen LogP contribution in [0.4, 0.5) is 5.69 Å². The van der Waals surface area contributed by atoms with Crippen LogP contribution in [-0.2, 0) is 4.79 Å². The van der Waals surface area contributed by atoms with Crippen LogP contribution < -0.4 is 5.32 Å². The van der Waals surface area contributed by atoms with E-state index in [2.05, 4.69) is 15.3 Å². The largest absolute Gasteiger partial charge is 0.478 e. The minimum atomic E-state index is -1.09. The number of H-pyrrole nitrogens is 1. The summed E-state index contributed by atoms with van der Waals surface area (Å²) in [4.78, 5) is 29.5. The summed E-state index contributed by atoms with van der Waals surface area (Å²) in [6.07, 6.45) is 7.63. The predicted octanol–water partition coefficient (Wildman–Crippen LogP) is 2.07. The van der Waals surface area contributed by atoms with E-state index in [-0.39, 0.29) is 11.3 Å². The van der Waals surface area contributed by atoms with Crippen molar-refractivity contribution >= 4 is 23.6 Å². The van der Waals surface area contributed by atoms with Gasteiger partial charge in [-0.25, -0.2) is 4.79 Å². The molecular formula is C14H13N3O3. The number of hydrogen-bond acceptors (Lipinski definition) is 3. The number of carbonyl (C=O) groups is 2. The lowest BCUT2D eigenvalue weighted by Gasteiger charge is -2.01. The first kappa shape index (κ1) is 13.5. The average molecular weight is 271 g/mol. The number of aromatic amines is 1. The Morgan fingerprint density at radius 2 is 2.25 bits per heavy atom. The van der Waals surface area contributed by atoms with Crippen LogP contribution in [0.5, 0.6) is 0 Å². The first-order valence-electron chi connectivity index (χ1n) is 5.88. The van der Waals surface area contributed by atoms with E-state index in [1.807, 2.05) is 0 Å². The molecular weight excluding hydrogens is 258 g/mol. The summed E-state index contributed by atoms with van der Waals surface area (Å²) in [6, 6.07) is 3.57. The Morgan fingerprint density at radius 3 is 2.90 bits per heavy atom. The number of amides is 1. The van der Waals surface area contributed by atoms with Gasteiger partial charge in [-0.1, -0.05) is 6.07 Å². The first-order valence-corrected chi connectivity index (χ1v) is 5.88. The van der Waals surface area contributed by atoms with E-state index < -0.39 is 11.9 Å². The fourth-order valence-corrected chi connectivity index (χ4v) is 1.72.